The van der Waals surface area contributed by atoms with E-state index in [1.54, 1.807) is 12.1 Å². The van der Waals surface area contributed by atoms with Crippen LogP contribution in [0.1, 0.15) is 16.8 Å². The number of hydrogen-bond acceptors (Lipinski definition) is 3. The summed E-state index contributed by atoms with van der Waals surface area (Å²) in [5, 5.41) is 8.43. The maximum absolute atomic E-state index is 12.1. The zero-order valence-electron chi connectivity index (χ0n) is 12.1. The van der Waals surface area contributed by atoms with Gasteiger partial charge in [0, 0.05) is 17.0 Å². The molecule has 0 saturated heterocycles. The summed E-state index contributed by atoms with van der Waals surface area (Å²) >= 11 is 5.83. The van der Waals surface area contributed by atoms with E-state index in [4.69, 9.17) is 16.1 Å². The van der Waals surface area contributed by atoms with Crippen molar-refractivity contribution in [2.75, 3.05) is 0 Å². The van der Waals surface area contributed by atoms with Crippen molar-refractivity contribution < 1.29 is 9.32 Å². The lowest BCUT2D eigenvalue weighted by Crippen LogP contribution is -2.24. The number of rotatable bonds is 4. The average molecular weight is 315 g/mol. The van der Waals surface area contributed by atoms with Crippen LogP contribution in [0.2, 0.25) is 5.02 Å². The van der Waals surface area contributed by atoms with E-state index >= 15 is 0 Å². The molecule has 1 aromatic heterocycles. The van der Waals surface area contributed by atoms with Gasteiger partial charge in [-0.05, 0) is 36.8 Å². The first-order valence-electron chi connectivity index (χ1n) is 6.98. The number of nitrogens with one attached hydrogen (secondary N) is 1. The Hall–Kier alpha value is -2.33. The van der Waals surface area contributed by atoms with Crippen LogP contribution < -0.4 is 5.32 Å². The monoisotopic (exact) mass is 314 g/mol. The van der Waals surface area contributed by atoms with Crippen molar-refractivity contribution in [2.24, 2.45) is 0 Å². The fraction of sp³-hybridized carbons (Fsp3) is 0.176. The van der Waals surface area contributed by atoms with Crippen LogP contribution in [0.15, 0.2) is 47.0 Å². The molecule has 3 aromatic rings. The van der Waals surface area contributed by atoms with Gasteiger partial charge >= 0.3 is 0 Å². The number of carbonyl (C=O) groups excluding carboxylic acids is 1. The normalized spacial score (nSPS) is 10.8. The van der Waals surface area contributed by atoms with E-state index in [1.807, 2.05) is 37.3 Å². The Bertz CT molecular complexity index is 809. The fourth-order valence-corrected chi connectivity index (χ4v) is 2.37. The van der Waals surface area contributed by atoms with Gasteiger partial charge in [-0.25, -0.2) is 0 Å². The second-order valence-corrected chi connectivity index (χ2v) is 5.65. The smallest absolute Gasteiger partial charge is 0.226 e. The minimum Gasteiger partial charge on any atom is -0.356 e. The second-order valence-electron chi connectivity index (χ2n) is 5.21. The van der Waals surface area contributed by atoms with E-state index in [2.05, 4.69) is 10.5 Å². The van der Waals surface area contributed by atoms with Crippen LogP contribution in [0.4, 0.5) is 0 Å². The van der Waals surface area contributed by atoms with Gasteiger partial charge in [-0.2, -0.15) is 0 Å². The summed E-state index contributed by atoms with van der Waals surface area (Å²) in [6, 6.07) is 13.2. The van der Waals surface area contributed by atoms with Gasteiger partial charge in [0.25, 0.3) is 0 Å². The third kappa shape index (κ3) is 3.28. The number of benzene rings is 2. The third-order valence-corrected chi connectivity index (χ3v) is 3.68. The topological polar surface area (TPSA) is 55.1 Å². The van der Waals surface area contributed by atoms with Crippen LogP contribution in [-0.2, 0) is 17.8 Å². The molecule has 0 atom stereocenters. The van der Waals surface area contributed by atoms with Gasteiger partial charge < -0.3 is 9.84 Å². The zero-order chi connectivity index (χ0) is 15.5. The van der Waals surface area contributed by atoms with E-state index in [0.29, 0.717) is 22.8 Å². The molecule has 0 bridgehead atoms. The molecule has 5 heteroatoms. The highest BCUT2D eigenvalue weighted by molar-refractivity contribution is 6.30. The molecule has 0 radical (unpaired) electrons. The lowest BCUT2D eigenvalue weighted by Gasteiger charge is -2.04. The molecule has 1 amide bonds. The number of nitrogens with zero attached hydrogens (tertiary/aromatic N) is 1. The predicted molar refractivity (Wildman–Crippen MR) is 85.7 cm³/mol. The van der Waals surface area contributed by atoms with Crippen molar-refractivity contribution in [2.45, 2.75) is 19.9 Å². The van der Waals surface area contributed by atoms with Crippen molar-refractivity contribution in [1.29, 1.82) is 0 Å². The highest BCUT2D eigenvalue weighted by Crippen LogP contribution is 2.20. The fourth-order valence-electron chi connectivity index (χ4n) is 2.25. The minimum absolute atomic E-state index is 0.0911. The molecule has 0 spiro atoms. The molecule has 0 aliphatic carbocycles. The standard InChI is InChI=1S/C17H15ClN2O2/c1-11-2-7-16-14(8-11)15(20-22-16)9-17(21)19-10-12-3-5-13(18)6-4-12/h2-8H,9-10H2,1H3,(H,19,21). The van der Waals surface area contributed by atoms with Gasteiger partial charge in [0.15, 0.2) is 5.58 Å². The number of hydrogen-bond donors (Lipinski definition) is 1. The Morgan fingerprint density at radius 3 is 2.77 bits per heavy atom. The van der Waals surface area contributed by atoms with Crippen LogP contribution in [-0.4, -0.2) is 11.1 Å². The number of fused-ring (bicyclic) bond motifs is 1. The number of aryl methyl sites for hydroxylation is 1. The molecule has 112 valence electrons. The van der Waals surface area contributed by atoms with E-state index in [-0.39, 0.29) is 12.3 Å². The van der Waals surface area contributed by atoms with E-state index in [9.17, 15) is 4.79 Å². The maximum Gasteiger partial charge on any atom is 0.226 e. The molecule has 0 aliphatic rings. The number of halogens is 1. The summed E-state index contributed by atoms with van der Waals surface area (Å²) in [7, 11) is 0. The third-order valence-electron chi connectivity index (χ3n) is 3.43. The molecule has 2 aromatic carbocycles. The van der Waals surface area contributed by atoms with Crippen molar-refractivity contribution in [3.05, 3.63) is 64.3 Å². The Morgan fingerprint density at radius 1 is 1.23 bits per heavy atom. The lowest BCUT2D eigenvalue weighted by atomic mass is 10.1. The van der Waals surface area contributed by atoms with Gasteiger partial charge in [0.2, 0.25) is 5.91 Å². The van der Waals surface area contributed by atoms with Crippen LogP contribution in [0.5, 0.6) is 0 Å². The molecular formula is C17H15ClN2O2. The Kier molecular flexibility index (Phi) is 4.11. The zero-order valence-corrected chi connectivity index (χ0v) is 12.9. The number of carbonyl (C=O) groups is 1. The molecule has 4 nitrogen and oxygen atoms in total. The Labute approximate surface area is 133 Å². The van der Waals surface area contributed by atoms with Crippen LogP contribution in [0.3, 0.4) is 0 Å². The summed E-state index contributed by atoms with van der Waals surface area (Å²) in [4.78, 5) is 12.1. The van der Waals surface area contributed by atoms with Crippen molar-refractivity contribution in [3.8, 4) is 0 Å². The lowest BCUT2D eigenvalue weighted by molar-refractivity contribution is -0.120. The SMILES string of the molecule is Cc1ccc2onc(CC(=O)NCc3ccc(Cl)cc3)c2c1. The molecule has 22 heavy (non-hydrogen) atoms. The van der Waals surface area contributed by atoms with Gasteiger partial charge in [-0.15, -0.1) is 0 Å². The van der Waals surface area contributed by atoms with Gasteiger partial charge in [0.05, 0.1) is 6.42 Å². The van der Waals surface area contributed by atoms with Crippen molar-refractivity contribution >= 4 is 28.5 Å². The summed E-state index contributed by atoms with van der Waals surface area (Å²) in [5.41, 5.74) is 3.47. The van der Waals surface area contributed by atoms with Gasteiger partial charge in [0.1, 0.15) is 5.69 Å². The predicted octanol–water partition coefficient (Wildman–Crippen LogP) is 3.65. The van der Waals surface area contributed by atoms with Crippen molar-refractivity contribution in [3.63, 3.8) is 0 Å². The molecule has 0 fully saturated rings. The van der Waals surface area contributed by atoms with Crippen molar-refractivity contribution in [1.82, 2.24) is 10.5 Å². The first kappa shape index (κ1) is 14.6. The summed E-state index contributed by atoms with van der Waals surface area (Å²) in [6.07, 6.45) is 0.198. The van der Waals surface area contributed by atoms with Gasteiger partial charge in [-0.3, -0.25) is 4.79 Å². The minimum atomic E-state index is -0.0911. The van der Waals surface area contributed by atoms with E-state index in [1.165, 1.54) is 0 Å². The summed E-state index contributed by atoms with van der Waals surface area (Å²) in [6.45, 7) is 2.46. The van der Waals surface area contributed by atoms with E-state index in [0.717, 1.165) is 16.5 Å². The molecule has 0 saturated carbocycles. The summed E-state index contributed by atoms with van der Waals surface area (Å²) in [5.74, 6) is -0.0911. The van der Waals surface area contributed by atoms with Crippen LogP contribution in [0.25, 0.3) is 11.0 Å². The van der Waals surface area contributed by atoms with Crippen LogP contribution in [0, 0.1) is 6.92 Å². The molecule has 1 heterocycles. The quantitative estimate of drug-likeness (QED) is 0.799. The highest BCUT2D eigenvalue weighted by Gasteiger charge is 2.12. The summed E-state index contributed by atoms with van der Waals surface area (Å²) < 4.78 is 5.24. The van der Waals surface area contributed by atoms with Crippen LogP contribution >= 0.6 is 11.6 Å². The maximum atomic E-state index is 12.1. The molecule has 1 N–H and O–H groups in total. The second kappa shape index (κ2) is 6.20. The van der Waals surface area contributed by atoms with E-state index < -0.39 is 0 Å². The number of aromatic nitrogens is 1. The highest BCUT2D eigenvalue weighted by atomic mass is 35.5. The molecule has 3 rings (SSSR count). The average Bonchev–Trinajstić information content (AvgIpc) is 2.89. The molecular weight excluding hydrogens is 300 g/mol. The Balaban J connectivity index is 1.65. The number of amides is 1. The van der Waals surface area contributed by atoms with Gasteiger partial charge in [-0.1, -0.05) is 40.5 Å². The Morgan fingerprint density at radius 2 is 2.00 bits per heavy atom. The molecule has 0 unspecified atom stereocenters. The first-order valence-corrected chi connectivity index (χ1v) is 7.35. The molecule has 0 aliphatic heterocycles. The largest absolute Gasteiger partial charge is 0.356 e. The first-order chi connectivity index (χ1) is 10.6.